The van der Waals surface area contributed by atoms with E-state index < -0.39 is 6.04 Å². The molecule has 2 aromatic carbocycles. The van der Waals surface area contributed by atoms with Gasteiger partial charge in [-0.25, -0.2) is 0 Å². The largest absolute Gasteiger partial charge is 0.360 e. The lowest BCUT2D eigenvalue weighted by Crippen LogP contribution is -2.56. The van der Waals surface area contributed by atoms with E-state index in [4.69, 9.17) is 4.52 Å². The van der Waals surface area contributed by atoms with Gasteiger partial charge in [0.1, 0.15) is 0 Å². The third-order valence-electron chi connectivity index (χ3n) is 5.32. The molecule has 0 aliphatic carbocycles. The molecular formula is C22H24N4O3. The van der Waals surface area contributed by atoms with Crippen LogP contribution in [-0.2, 0) is 22.7 Å². The van der Waals surface area contributed by atoms with Crippen molar-refractivity contribution in [3.63, 3.8) is 0 Å². The minimum atomic E-state index is -0.486. The molecule has 0 spiro atoms. The fourth-order valence-electron chi connectivity index (χ4n) is 3.71. The van der Waals surface area contributed by atoms with Gasteiger partial charge in [0, 0.05) is 32.7 Å². The first-order valence-electron chi connectivity index (χ1n) is 9.73. The summed E-state index contributed by atoms with van der Waals surface area (Å²) in [4.78, 5) is 28.9. The quantitative estimate of drug-likeness (QED) is 0.696. The molecule has 1 fully saturated rings. The molecule has 1 aliphatic rings. The monoisotopic (exact) mass is 392 g/mol. The van der Waals surface area contributed by atoms with E-state index in [0.717, 1.165) is 5.56 Å². The number of carbonyl (C=O) groups is 2. The van der Waals surface area contributed by atoms with Crippen molar-refractivity contribution >= 4 is 22.6 Å². The van der Waals surface area contributed by atoms with Gasteiger partial charge in [0.25, 0.3) is 0 Å². The van der Waals surface area contributed by atoms with Crippen LogP contribution >= 0.6 is 0 Å². The molecule has 4 rings (SSSR count). The van der Waals surface area contributed by atoms with Gasteiger partial charge in [-0.2, -0.15) is 0 Å². The molecule has 1 aliphatic heterocycles. The van der Waals surface area contributed by atoms with Gasteiger partial charge in [0.05, 0.1) is 25.2 Å². The number of hydrogen-bond acceptors (Lipinski definition) is 5. The molecule has 29 heavy (non-hydrogen) atoms. The number of benzene rings is 2. The number of carbonyl (C=O) groups excluding carboxylic acids is 2. The Hall–Kier alpha value is -3.19. The summed E-state index contributed by atoms with van der Waals surface area (Å²) in [5.74, 6) is 0.410. The van der Waals surface area contributed by atoms with E-state index in [9.17, 15) is 9.59 Å². The molecule has 0 bridgehead atoms. The Morgan fingerprint density at radius 2 is 2.07 bits per heavy atom. The lowest BCUT2D eigenvalue weighted by molar-refractivity contribution is -0.138. The van der Waals surface area contributed by atoms with E-state index in [0.29, 0.717) is 31.9 Å². The van der Waals surface area contributed by atoms with E-state index in [2.05, 4.69) is 45.7 Å². The van der Waals surface area contributed by atoms with Crippen molar-refractivity contribution in [1.29, 1.82) is 0 Å². The van der Waals surface area contributed by atoms with Crippen molar-refractivity contribution in [1.82, 2.24) is 20.3 Å². The SMILES string of the molecule is CN(Cc1ccno1)C(=O)C[C@H]1C(=O)NCCN1Cc1ccc2ccccc2c1. The van der Waals surface area contributed by atoms with Crippen LogP contribution in [0.1, 0.15) is 17.7 Å². The smallest absolute Gasteiger partial charge is 0.237 e. The Labute approximate surface area is 169 Å². The molecule has 0 radical (unpaired) electrons. The molecule has 1 N–H and O–H groups in total. The van der Waals surface area contributed by atoms with Crippen LogP contribution in [-0.4, -0.2) is 52.9 Å². The maximum absolute atomic E-state index is 12.7. The zero-order valence-electron chi connectivity index (χ0n) is 16.4. The number of piperazine rings is 1. The van der Waals surface area contributed by atoms with Crippen LogP contribution in [0.25, 0.3) is 10.8 Å². The minimum absolute atomic E-state index is 0.0987. The molecule has 7 heteroatoms. The van der Waals surface area contributed by atoms with Gasteiger partial charge in [0.15, 0.2) is 5.76 Å². The number of nitrogens with one attached hydrogen (secondary N) is 1. The summed E-state index contributed by atoms with van der Waals surface area (Å²) in [7, 11) is 1.71. The third kappa shape index (κ3) is 4.46. The van der Waals surface area contributed by atoms with E-state index in [1.807, 2.05) is 12.1 Å². The van der Waals surface area contributed by atoms with E-state index in [1.54, 1.807) is 24.2 Å². The number of aromatic nitrogens is 1. The van der Waals surface area contributed by atoms with Crippen molar-refractivity contribution in [2.75, 3.05) is 20.1 Å². The van der Waals surface area contributed by atoms with Crippen LogP contribution in [0, 0.1) is 0 Å². The van der Waals surface area contributed by atoms with Crippen LogP contribution in [0.4, 0.5) is 0 Å². The van der Waals surface area contributed by atoms with Gasteiger partial charge in [-0.15, -0.1) is 0 Å². The van der Waals surface area contributed by atoms with Crippen molar-refractivity contribution in [2.24, 2.45) is 0 Å². The predicted molar refractivity (Wildman–Crippen MR) is 109 cm³/mol. The van der Waals surface area contributed by atoms with Crippen LogP contribution in [0.5, 0.6) is 0 Å². The fourth-order valence-corrected chi connectivity index (χ4v) is 3.71. The highest BCUT2D eigenvalue weighted by Crippen LogP contribution is 2.20. The zero-order valence-corrected chi connectivity index (χ0v) is 16.4. The predicted octanol–water partition coefficient (Wildman–Crippen LogP) is 2.18. The fraction of sp³-hybridized carbons (Fsp3) is 0.318. The van der Waals surface area contributed by atoms with Gasteiger partial charge in [-0.1, -0.05) is 41.6 Å². The number of rotatable bonds is 6. The summed E-state index contributed by atoms with van der Waals surface area (Å²) in [5, 5.41) is 8.91. The molecule has 7 nitrogen and oxygen atoms in total. The summed E-state index contributed by atoms with van der Waals surface area (Å²) in [6.45, 7) is 2.26. The van der Waals surface area contributed by atoms with Crippen molar-refractivity contribution < 1.29 is 14.1 Å². The van der Waals surface area contributed by atoms with Crippen LogP contribution in [0.15, 0.2) is 59.3 Å². The maximum atomic E-state index is 12.7. The standard InChI is InChI=1S/C22H24N4O3/c1-25(15-19-8-9-24-29-19)21(27)13-20-22(28)23-10-11-26(20)14-16-6-7-17-4-2-3-5-18(17)12-16/h2-9,12,20H,10-11,13-15H2,1H3,(H,23,28)/t20-/m0/s1. The minimum Gasteiger partial charge on any atom is -0.360 e. The van der Waals surface area contributed by atoms with Crippen molar-refractivity contribution in [3.05, 3.63) is 66.1 Å². The normalized spacial score (nSPS) is 17.3. The van der Waals surface area contributed by atoms with E-state index in [1.165, 1.54) is 10.8 Å². The average molecular weight is 392 g/mol. The Balaban J connectivity index is 1.46. The molecule has 150 valence electrons. The first kappa shape index (κ1) is 19.1. The Morgan fingerprint density at radius 3 is 2.86 bits per heavy atom. The number of nitrogens with zero attached hydrogens (tertiary/aromatic N) is 3. The lowest BCUT2D eigenvalue weighted by Gasteiger charge is -2.35. The summed E-state index contributed by atoms with van der Waals surface area (Å²) >= 11 is 0. The molecule has 0 unspecified atom stereocenters. The van der Waals surface area contributed by atoms with Gasteiger partial charge in [-0.3, -0.25) is 14.5 Å². The summed E-state index contributed by atoms with van der Waals surface area (Å²) in [5.41, 5.74) is 1.13. The second kappa shape index (κ2) is 8.45. The molecule has 0 saturated carbocycles. The molecule has 1 saturated heterocycles. The van der Waals surface area contributed by atoms with Crippen molar-refractivity contribution in [2.45, 2.75) is 25.6 Å². The topological polar surface area (TPSA) is 78.7 Å². The van der Waals surface area contributed by atoms with Gasteiger partial charge in [-0.05, 0) is 22.4 Å². The molecule has 1 aromatic heterocycles. The number of fused-ring (bicyclic) bond motifs is 1. The van der Waals surface area contributed by atoms with Gasteiger partial charge in [0.2, 0.25) is 11.8 Å². The van der Waals surface area contributed by atoms with E-state index >= 15 is 0 Å². The lowest BCUT2D eigenvalue weighted by atomic mass is 10.0. The highest BCUT2D eigenvalue weighted by molar-refractivity contribution is 5.89. The third-order valence-corrected chi connectivity index (χ3v) is 5.32. The highest BCUT2D eigenvalue weighted by Gasteiger charge is 2.32. The summed E-state index contributed by atoms with van der Waals surface area (Å²) in [6.07, 6.45) is 1.68. The molecule has 2 amide bonds. The number of amides is 2. The van der Waals surface area contributed by atoms with Crippen LogP contribution in [0.3, 0.4) is 0 Å². The number of hydrogen-bond donors (Lipinski definition) is 1. The van der Waals surface area contributed by atoms with Gasteiger partial charge < -0.3 is 14.7 Å². The van der Waals surface area contributed by atoms with E-state index in [-0.39, 0.29) is 18.2 Å². The first-order valence-corrected chi connectivity index (χ1v) is 9.73. The maximum Gasteiger partial charge on any atom is 0.237 e. The zero-order chi connectivity index (χ0) is 20.2. The van der Waals surface area contributed by atoms with Gasteiger partial charge >= 0.3 is 0 Å². The molecule has 3 aromatic rings. The molecular weight excluding hydrogens is 368 g/mol. The molecule has 1 atom stereocenters. The second-order valence-electron chi connectivity index (χ2n) is 7.39. The Kier molecular flexibility index (Phi) is 5.57. The second-order valence-corrected chi connectivity index (χ2v) is 7.39. The summed E-state index contributed by atoms with van der Waals surface area (Å²) < 4.78 is 5.07. The molecule has 2 heterocycles. The average Bonchev–Trinajstić information content (AvgIpc) is 3.23. The highest BCUT2D eigenvalue weighted by atomic mass is 16.5. The summed E-state index contributed by atoms with van der Waals surface area (Å²) in [6, 6.07) is 15.8. The Morgan fingerprint density at radius 1 is 1.24 bits per heavy atom. The van der Waals surface area contributed by atoms with Crippen LogP contribution < -0.4 is 5.32 Å². The van der Waals surface area contributed by atoms with Crippen molar-refractivity contribution in [3.8, 4) is 0 Å². The Bertz CT molecular complexity index is 1000. The first-order chi connectivity index (χ1) is 14.1. The van der Waals surface area contributed by atoms with Crippen LogP contribution in [0.2, 0.25) is 0 Å².